The highest BCUT2D eigenvalue weighted by atomic mass is 16.2. The van der Waals surface area contributed by atoms with Crippen LogP contribution in [-0.4, -0.2) is 69.9 Å². The van der Waals surface area contributed by atoms with Crippen molar-refractivity contribution in [2.45, 2.75) is 32.2 Å². The average Bonchev–Trinajstić information content (AvgIpc) is 3.26. The number of pyridine rings is 1. The summed E-state index contributed by atoms with van der Waals surface area (Å²) in [6.07, 6.45) is 9.59. The van der Waals surface area contributed by atoms with E-state index in [0.29, 0.717) is 18.2 Å². The number of piperazine rings is 1. The van der Waals surface area contributed by atoms with Gasteiger partial charge >= 0.3 is 0 Å². The molecule has 1 amide bonds. The quantitative estimate of drug-likeness (QED) is 0.829. The number of carbonyl (C=O) groups excluding carboxylic acids is 1. The molecule has 1 atom stereocenters. The van der Waals surface area contributed by atoms with E-state index in [-0.39, 0.29) is 0 Å². The lowest BCUT2D eigenvalue weighted by molar-refractivity contribution is -0.131. The molecule has 4 heterocycles. The van der Waals surface area contributed by atoms with Crippen molar-refractivity contribution in [3.8, 4) is 0 Å². The summed E-state index contributed by atoms with van der Waals surface area (Å²) in [5.74, 6) is 1.94. The fourth-order valence-corrected chi connectivity index (χ4v) is 4.35. The zero-order chi connectivity index (χ0) is 19.2. The monoisotopic (exact) mass is 382 g/mol. The third-order valence-electron chi connectivity index (χ3n) is 5.92. The number of anilines is 1. The maximum Gasteiger partial charge on any atom is 0.222 e. The molecular weight excluding hydrogens is 352 g/mol. The molecule has 2 saturated heterocycles. The van der Waals surface area contributed by atoms with Crippen molar-refractivity contribution in [2.24, 2.45) is 5.92 Å². The number of amides is 1. The zero-order valence-electron chi connectivity index (χ0n) is 16.5. The Bertz CT molecular complexity index is 727. The largest absolute Gasteiger partial charge is 0.353 e. The molecule has 2 fully saturated rings. The van der Waals surface area contributed by atoms with Crippen molar-refractivity contribution >= 4 is 11.7 Å². The first-order valence-electron chi connectivity index (χ1n) is 10.4. The van der Waals surface area contributed by atoms with E-state index < -0.39 is 0 Å². The van der Waals surface area contributed by atoms with Gasteiger partial charge in [-0.05, 0) is 43.9 Å². The summed E-state index contributed by atoms with van der Waals surface area (Å²) in [7, 11) is 0. The molecule has 7 heteroatoms. The number of hydrogen-bond acceptors (Lipinski definition) is 5. The number of likely N-dealkylation sites (tertiary alicyclic amines) is 1. The fraction of sp³-hybridized carbons (Fsp3) is 0.571. The molecule has 2 aliphatic heterocycles. The van der Waals surface area contributed by atoms with Crippen LogP contribution in [0.3, 0.4) is 0 Å². The van der Waals surface area contributed by atoms with Gasteiger partial charge in [0.25, 0.3) is 0 Å². The molecule has 2 aliphatic rings. The third kappa shape index (κ3) is 4.90. The number of rotatable bonds is 6. The number of hydrogen-bond donors (Lipinski definition) is 1. The van der Waals surface area contributed by atoms with Gasteiger partial charge in [-0.3, -0.25) is 9.69 Å². The van der Waals surface area contributed by atoms with Gasteiger partial charge in [-0.15, -0.1) is 0 Å². The Balaban J connectivity index is 1.19. The molecule has 0 radical (unpaired) electrons. The second kappa shape index (κ2) is 9.19. The number of nitrogens with zero attached hydrogens (tertiary/aromatic N) is 5. The molecular formula is C21H30N6O. The number of aromatic amines is 1. The lowest BCUT2D eigenvalue weighted by atomic mass is 9.93. The number of nitrogens with one attached hydrogen (secondary N) is 1. The summed E-state index contributed by atoms with van der Waals surface area (Å²) in [4.78, 5) is 31.2. The zero-order valence-corrected chi connectivity index (χ0v) is 16.5. The number of carbonyl (C=O) groups is 1. The van der Waals surface area contributed by atoms with Gasteiger partial charge in [0.05, 0.1) is 6.33 Å². The van der Waals surface area contributed by atoms with E-state index in [9.17, 15) is 4.79 Å². The van der Waals surface area contributed by atoms with E-state index in [1.807, 2.05) is 35.5 Å². The molecule has 0 aromatic carbocycles. The molecule has 0 bridgehead atoms. The summed E-state index contributed by atoms with van der Waals surface area (Å²) in [6.45, 7) is 6.48. The molecule has 0 spiro atoms. The molecule has 0 aliphatic carbocycles. The Morgan fingerprint density at radius 3 is 2.82 bits per heavy atom. The summed E-state index contributed by atoms with van der Waals surface area (Å²) in [5, 5.41) is 0. The highest BCUT2D eigenvalue weighted by Crippen LogP contribution is 2.23. The SMILES string of the molecule is O=C(CC[C@H]1CCCN(Cc2cnc[nH]2)C1)N1CCN(c2ccccn2)CC1. The summed E-state index contributed by atoms with van der Waals surface area (Å²) in [5.41, 5.74) is 1.17. The Morgan fingerprint density at radius 2 is 2.07 bits per heavy atom. The van der Waals surface area contributed by atoms with Gasteiger partial charge in [-0.1, -0.05) is 6.07 Å². The van der Waals surface area contributed by atoms with Crippen LogP contribution in [0.25, 0.3) is 0 Å². The van der Waals surface area contributed by atoms with E-state index in [4.69, 9.17) is 0 Å². The van der Waals surface area contributed by atoms with Crippen LogP contribution in [0.15, 0.2) is 36.9 Å². The van der Waals surface area contributed by atoms with Gasteiger partial charge in [0, 0.05) is 63.8 Å². The summed E-state index contributed by atoms with van der Waals surface area (Å²) < 4.78 is 0. The first-order valence-corrected chi connectivity index (χ1v) is 10.4. The second-order valence-electron chi connectivity index (χ2n) is 7.91. The molecule has 0 saturated carbocycles. The smallest absolute Gasteiger partial charge is 0.222 e. The third-order valence-corrected chi connectivity index (χ3v) is 5.92. The first kappa shape index (κ1) is 18.9. The minimum absolute atomic E-state index is 0.311. The number of aromatic nitrogens is 3. The minimum atomic E-state index is 0.311. The van der Waals surface area contributed by atoms with Crippen molar-refractivity contribution in [3.63, 3.8) is 0 Å². The summed E-state index contributed by atoms with van der Waals surface area (Å²) >= 11 is 0. The molecule has 2 aromatic heterocycles. The van der Waals surface area contributed by atoms with E-state index in [2.05, 4.69) is 24.8 Å². The van der Waals surface area contributed by atoms with Gasteiger partial charge in [0.2, 0.25) is 5.91 Å². The van der Waals surface area contributed by atoms with E-state index in [0.717, 1.165) is 58.1 Å². The van der Waals surface area contributed by atoms with E-state index >= 15 is 0 Å². The highest BCUT2D eigenvalue weighted by Gasteiger charge is 2.24. The van der Waals surface area contributed by atoms with Crippen LogP contribution in [0.1, 0.15) is 31.4 Å². The first-order chi connectivity index (χ1) is 13.8. The maximum atomic E-state index is 12.7. The standard InChI is InChI=1S/C21H30N6O/c28-21(27-12-10-26(11-13-27)20-5-1-2-8-23-20)7-6-18-4-3-9-25(15-18)16-19-14-22-17-24-19/h1-2,5,8,14,17-18H,3-4,6-7,9-13,15-16H2,(H,22,24)/t18-/m1/s1. The van der Waals surface area contributed by atoms with Crippen LogP contribution < -0.4 is 4.90 Å². The number of H-pyrrole nitrogens is 1. The predicted molar refractivity (Wildman–Crippen MR) is 109 cm³/mol. The predicted octanol–water partition coefficient (Wildman–Crippen LogP) is 2.15. The lowest BCUT2D eigenvalue weighted by Crippen LogP contribution is -2.49. The van der Waals surface area contributed by atoms with E-state index in [1.165, 1.54) is 18.5 Å². The summed E-state index contributed by atoms with van der Waals surface area (Å²) in [6, 6.07) is 5.99. The van der Waals surface area contributed by atoms with Crippen molar-refractivity contribution < 1.29 is 4.79 Å². The Morgan fingerprint density at radius 1 is 1.18 bits per heavy atom. The Labute approximate surface area is 166 Å². The van der Waals surface area contributed by atoms with Crippen LogP contribution in [-0.2, 0) is 11.3 Å². The fourth-order valence-electron chi connectivity index (χ4n) is 4.35. The second-order valence-corrected chi connectivity index (χ2v) is 7.91. The average molecular weight is 383 g/mol. The Hall–Kier alpha value is -2.41. The maximum absolute atomic E-state index is 12.7. The highest BCUT2D eigenvalue weighted by molar-refractivity contribution is 5.76. The molecule has 0 unspecified atom stereocenters. The Kier molecular flexibility index (Phi) is 6.21. The van der Waals surface area contributed by atoms with Crippen molar-refractivity contribution in [3.05, 3.63) is 42.6 Å². The van der Waals surface area contributed by atoms with Gasteiger partial charge < -0.3 is 14.8 Å². The van der Waals surface area contributed by atoms with Crippen molar-refractivity contribution in [1.82, 2.24) is 24.8 Å². The van der Waals surface area contributed by atoms with Crippen molar-refractivity contribution in [1.29, 1.82) is 0 Å². The molecule has 2 aromatic rings. The topological polar surface area (TPSA) is 68.4 Å². The molecule has 7 nitrogen and oxygen atoms in total. The molecule has 28 heavy (non-hydrogen) atoms. The van der Waals surface area contributed by atoms with Crippen LogP contribution in [0.5, 0.6) is 0 Å². The van der Waals surface area contributed by atoms with Crippen LogP contribution in [0, 0.1) is 5.92 Å². The van der Waals surface area contributed by atoms with E-state index in [1.54, 1.807) is 6.33 Å². The van der Waals surface area contributed by atoms with Crippen LogP contribution in [0.4, 0.5) is 5.82 Å². The number of piperidine rings is 1. The molecule has 1 N–H and O–H groups in total. The van der Waals surface area contributed by atoms with Gasteiger partial charge in [0.15, 0.2) is 0 Å². The van der Waals surface area contributed by atoms with Crippen LogP contribution in [0.2, 0.25) is 0 Å². The normalized spacial score (nSPS) is 21.1. The van der Waals surface area contributed by atoms with Crippen LogP contribution >= 0.6 is 0 Å². The molecule has 4 rings (SSSR count). The minimum Gasteiger partial charge on any atom is -0.353 e. The molecule has 150 valence electrons. The van der Waals surface area contributed by atoms with Gasteiger partial charge in [-0.2, -0.15) is 0 Å². The van der Waals surface area contributed by atoms with Gasteiger partial charge in [-0.25, -0.2) is 9.97 Å². The van der Waals surface area contributed by atoms with Gasteiger partial charge in [0.1, 0.15) is 5.82 Å². The number of imidazole rings is 1. The lowest BCUT2D eigenvalue weighted by Gasteiger charge is -2.36. The van der Waals surface area contributed by atoms with Crippen molar-refractivity contribution in [2.75, 3.05) is 44.2 Å².